The summed E-state index contributed by atoms with van der Waals surface area (Å²) in [6.07, 6.45) is 6.71. The van der Waals surface area contributed by atoms with Crippen LogP contribution in [-0.4, -0.2) is 36.0 Å². The van der Waals surface area contributed by atoms with E-state index in [9.17, 15) is 9.59 Å². The molecule has 2 aliphatic rings. The fraction of sp³-hybridized carbons (Fsp3) is 0.308. The highest BCUT2D eigenvalue weighted by Crippen LogP contribution is 2.24. The van der Waals surface area contributed by atoms with Gasteiger partial charge in [0.2, 0.25) is 5.91 Å². The van der Waals surface area contributed by atoms with Gasteiger partial charge >= 0.3 is 0 Å². The molecule has 6 nitrogen and oxygen atoms in total. The minimum Gasteiger partial charge on any atom is -0.488 e. The average molecular weight is 432 g/mol. The fourth-order valence-corrected chi connectivity index (χ4v) is 4.10. The number of nitrogens with one attached hydrogen (secondary N) is 2. The highest BCUT2D eigenvalue weighted by atomic mass is 16.5. The van der Waals surface area contributed by atoms with Gasteiger partial charge in [-0.05, 0) is 62.7 Å². The van der Waals surface area contributed by atoms with Crippen LogP contribution in [0.2, 0.25) is 0 Å². The number of hydrogen-bond acceptors (Lipinski definition) is 4. The molecule has 166 valence electrons. The zero-order valence-electron chi connectivity index (χ0n) is 18.3. The molecule has 4 rings (SSSR count). The molecule has 0 aromatic heterocycles. The number of carbonyl (C=O) groups is 2. The van der Waals surface area contributed by atoms with E-state index in [1.807, 2.05) is 67.6 Å². The second-order valence-corrected chi connectivity index (χ2v) is 8.11. The first-order valence-electron chi connectivity index (χ1n) is 11.1. The Balaban J connectivity index is 1.48. The zero-order valence-corrected chi connectivity index (χ0v) is 18.3. The van der Waals surface area contributed by atoms with Crippen LogP contribution in [0.15, 0.2) is 78.5 Å². The van der Waals surface area contributed by atoms with Crippen molar-refractivity contribution >= 4 is 11.8 Å². The van der Waals surface area contributed by atoms with Crippen LogP contribution in [0.4, 0.5) is 0 Å². The van der Waals surface area contributed by atoms with E-state index in [1.165, 1.54) is 0 Å². The number of hydrogen-bond donors (Lipinski definition) is 2. The van der Waals surface area contributed by atoms with Crippen LogP contribution in [0.1, 0.15) is 35.7 Å². The van der Waals surface area contributed by atoms with Crippen molar-refractivity contribution in [3.8, 4) is 5.75 Å². The van der Waals surface area contributed by atoms with Gasteiger partial charge in [0, 0.05) is 11.6 Å². The van der Waals surface area contributed by atoms with E-state index in [0.717, 1.165) is 37.2 Å². The zero-order chi connectivity index (χ0) is 22.3. The van der Waals surface area contributed by atoms with E-state index in [2.05, 4.69) is 10.6 Å². The Bertz CT molecular complexity index is 1010. The van der Waals surface area contributed by atoms with E-state index in [1.54, 1.807) is 17.0 Å². The summed E-state index contributed by atoms with van der Waals surface area (Å²) in [5.74, 6) is 0.258. The molecular formula is C26H29N3O3. The van der Waals surface area contributed by atoms with E-state index >= 15 is 0 Å². The molecule has 2 aromatic rings. The van der Waals surface area contributed by atoms with Crippen molar-refractivity contribution < 1.29 is 14.3 Å². The van der Waals surface area contributed by atoms with Crippen molar-refractivity contribution in [2.45, 2.75) is 32.5 Å². The lowest BCUT2D eigenvalue weighted by atomic mass is 9.95. The van der Waals surface area contributed by atoms with Crippen LogP contribution in [0.5, 0.6) is 5.75 Å². The van der Waals surface area contributed by atoms with Gasteiger partial charge < -0.3 is 15.4 Å². The maximum Gasteiger partial charge on any atom is 0.256 e. The third kappa shape index (κ3) is 5.08. The number of para-hydroxylation sites is 1. The molecule has 0 aliphatic carbocycles. The van der Waals surface area contributed by atoms with Crippen LogP contribution in [-0.2, 0) is 11.4 Å². The third-order valence-electron chi connectivity index (χ3n) is 5.86. The number of ether oxygens (including phenoxy) is 1. The first-order valence-corrected chi connectivity index (χ1v) is 11.1. The molecule has 1 fully saturated rings. The predicted octanol–water partition coefficient (Wildman–Crippen LogP) is 3.62. The standard InChI is InChI=1S/C26H29N3O3/c1-19-8-7-13-24(29(19)26(31)21-14-16-27-17-15-21)28-25(30)22-11-5-6-12-23(22)32-18-20-9-3-2-4-10-20/h2-13,21,24,27H,14-18H2,1H3,(H,28,30). The molecule has 2 aliphatic heterocycles. The van der Waals surface area contributed by atoms with Gasteiger partial charge in [0.25, 0.3) is 5.91 Å². The number of amides is 2. The Morgan fingerprint density at radius 1 is 1.06 bits per heavy atom. The van der Waals surface area contributed by atoms with Crippen LogP contribution in [0.25, 0.3) is 0 Å². The fourth-order valence-electron chi connectivity index (χ4n) is 4.10. The lowest BCUT2D eigenvalue weighted by molar-refractivity contribution is -0.136. The number of piperidine rings is 1. The monoisotopic (exact) mass is 431 g/mol. The van der Waals surface area contributed by atoms with Gasteiger partial charge in [0.05, 0.1) is 5.56 Å². The summed E-state index contributed by atoms with van der Waals surface area (Å²) in [5, 5.41) is 6.31. The van der Waals surface area contributed by atoms with Crippen LogP contribution >= 0.6 is 0 Å². The summed E-state index contributed by atoms with van der Waals surface area (Å²) in [4.78, 5) is 28.2. The lowest BCUT2D eigenvalue weighted by Gasteiger charge is -2.36. The Morgan fingerprint density at radius 3 is 2.56 bits per heavy atom. The van der Waals surface area contributed by atoms with E-state index < -0.39 is 6.17 Å². The molecule has 1 atom stereocenters. The first kappa shape index (κ1) is 21.8. The highest BCUT2D eigenvalue weighted by molar-refractivity contribution is 5.97. The largest absolute Gasteiger partial charge is 0.488 e. The van der Waals surface area contributed by atoms with Crippen molar-refractivity contribution in [1.29, 1.82) is 0 Å². The smallest absolute Gasteiger partial charge is 0.256 e. The number of benzene rings is 2. The van der Waals surface area contributed by atoms with Gasteiger partial charge in [-0.25, -0.2) is 0 Å². The van der Waals surface area contributed by atoms with E-state index in [0.29, 0.717) is 17.9 Å². The predicted molar refractivity (Wildman–Crippen MR) is 124 cm³/mol. The van der Waals surface area contributed by atoms with Crippen molar-refractivity contribution in [2.24, 2.45) is 5.92 Å². The van der Waals surface area contributed by atoms with Gasteiger partial charge in [0.1, 0.15) is 18.5 Å². The second kappa shape index (κ2) is 10.3. The molecule has 2 aromatic carbocycles. The highest BCUT2D eigenvalue weighted by Gasteiger charge is 2.32. The summed E-state index contributed by atoms with van der Waals surface area (Å²) >= 11 is 0. The van der Waals surface area contributed by atoms with E-state index in [4.69, 9.17) is 4.74 Å². The lowest BCUT2D eigenvalue weighted by Crippen LogP contribution is -2.52. The van der Waals surface area contributed by atoms with Crippen LogP contribution in [0.3, 0.4) is 0 Å². The summed E-state index contributed by atoms with van der Waals surface area (Å²) in [7, 11) is 0. The Labute approximate surface area is 189 Å². The summed E-state index contributed by atoms with van der Waals surface area (Å²) in [6, 6.07) is 17.0. The van der Waals surface area contributed by atoms with Gasteiger partial charge in [-0.2, -0.15) is 0 Å². The number of nitrogens with zero attached hydrogens (tertiary/aromatic N) is 1. The molecular weight excluding hydrogens is 402 g/mol. The van der Waals surface area contributed by atoms with Crippen molar-refractivity contribution in [3.63, 3.8) is 0 Å². The third-order valence-corrected chi connectivity index (χ3v) is 5.86. The normalized spacial score (nSPS) is 18.7. The van der Waals surface area contributed by atoms with Crippen molar-refractivity contribution in [3.05, 3.63) is 89.6 Å². The quantitative estimate of drug-likeness (QED) is 0.733. The SMILES string of the molecule is CC1=CC=CC(NC(=O)c2ccccc2OCc2ccccc2)N1C(=O)C1CCNCC1. The molecule has 0 spiro atoms. The Hall–Kier alpha value is -3.38. The summed E-state index contributed by atoms with van der Waals surface area (Å²) < 4.78 is 5.95. The van der Waals surface area contributed by atoms with Crippen LogP contribution < -0.4 is 15.4 Å². The molecule has 0 bridgehead atoms. The molecule has 2 heterocycles. The van der Waals surface area contributed by atoms with Gasteiger partial charge in [0.15, 0.2) is 0 Å². The van der Waals surface area contributed by atoms with Gasteiger partial charge in [-0.15, -0.1) is 0 Å². The number of allylic oxidation sites excluding steroid dienone is 3. The summed E-state index contributed by atoms with van der Waals surface area (Å²) in [5.41, 5.74) is 2.30. The second-order valence-electron chi connectivity index (χ2n) is 8.11. The molecule has 32 heavy (non-hydrogen) atoms. The van der Waals surface area contributed by atoms with Crippen LogP contribution in [0, 0.1) is 5.92 Å². The Morgan fingerprint density at radius 2 is 1.78 bits per heavy atom. The number of rotatable bonds is 6. The average Bonchev–Trinajstić information content (AvgIpc) is 2.84. The maximum absolute atomic E-state index is 13.3. The molecule has 2 amide bonds. The molecule has 1 saturated heterocycles. The molecule has 6 heteroatoms. The van der Waals surface area contributed by atoms with Gasteiger partial charge in [-0.1, -0.05) is 48.5 Å². The van der Waals surface area contributed by atoms with Gasteiger partial charge in [-0.3, -0.25) is 14.5 Å². The van der Waals surface area contributed by atoms with Crippen molar-refractivity contribution in [2.75, 3.05) is 13.1 Å². The van der Waals surface area contributed by atoms with E-state index in [-0.39, 0.29) is 17.7 Å². The molecule has 0 radical (unpaired) electrons. The maximum atomic E-state index is 13.3. The molecule has 0 saturated carbocycles. The molecule has 2 N–H and O–H groups in total. The summed E-state index contributed by atoms with van der Waals surface area (Å²) in [6.45, 7) is 3.95. The topological polar surface area (TPSA) is 70.7 Å². The number of carbonyl (C=O) groups excluding carboxylic acids is 2. The minimum absolute atomic E-state index is 0.0352. The molecule has 1 unspecified atom stereocenters. The first-order chi connectivity index (χ1) is 15.6. The van der Waals surface area contributed by atoms with Crippen molar-refractivity contribution in [1.82, 2.24) is 15.5 Å². The minimum atomic E-state index is -0.530. The Kier molecular flexibility index (Phi) is 7.02.